The Labute approximate surface area is 128 Å². The van der Waals surface area contributed by atoms with Crippen LogP contribution < -0.4 is 5.32 Å². The molecular weight excluding hydrogens is 290 g/mol. The number of nitrogens with one attached hydrogen (secondary N) is 1. The van der Waals surface area contributed by atoms with Crippen molar-refractivity contribution in [1.82, 2.24) is 0 Å². The molecule has 116 valence electrons. The minimum absolute atomic E-state index is 0.0179. The van der Waals surface area contributed by atoms with E-state index in [0.717, 1.165) is 31.4 Å². The maximum absolute atomic E-state index is 12.0. The van der Waals surface area contributed by atoms with Gasteiger partial charge in [-0.3, -0.25) is 4.79 Å². The number of amides is 1. The first-order valence-corrected chi connectivity index (χ1v) is 8.10. The molecule has 2 heterocycles. The molecule has 1 aromatic rings. The lowest BCUT2D eigenvalue weighted by Crippen LogP contribution is -2.25. The highest BCUT2D eigenvalue weighted by Crippen LogP contribution is 2.28. The number of hydrogen-bond donors (Lipinski definition) is 1. The van der Waals surface area contributed by atoms with Crippen LogP contribution in [-0.4, -0.2) is 31.2 Å². The minimum Gasteiger partial charge on any atom is -0.462 e. The monoisotopic (exact) mass is 311 g/mol. The molecule has 0 aromatic carbocycles. The van der Waals surface area contributed by atoms with Gasteiger partial charge in [0.05, 0.1) is 24.1 Å². The summed E-state index contributed by atoms with van der Waals surface area (Å²) in [5, 5.41) is 3.52. The molecule has 0 saturated carbocycles. The quantitative estimate of drug-likeness (QED) is 0.849. The van der Waals surface area contributed by atoms with Crippen molar-refractivity contribution in [2.45, 2.75) is 45.6 Å². The summed E-state index contributed by atoms with van der Waals surface area (Å²) in [5.41, 5.74) is 0.822. The molecule has 1 unspecified atom stereocenters. The van der Waals surface area contributed by atoms with Gasteiger partial charge in [-0.2, -0.15) is 0 Å². The molecule has 0 aliphatic carbocycles. The van der Waals surface area contributed by atoms with Crippen molar-refractivity contribution in [3.05, 3.63) is 16.5 Å². The van der Waals surface area contributed by atoms with Crippen molar-refractivity contribution < 1.29 is 19.1 Å². The summed E-state index contributed by atoms with van der Waals surface area (Å²) < 4.78 is 10.5. The van der Waals surface area contributed by atoms with Crippen LogP contribution in [0.3, 0.4) is 0 Å². The Morgan fingerprint density at radius 1 is 1.48 bits per heavy atom. The van der Waals surface area contributed by atoms with Gasteiger partial charge in [0.15, 0.2) is 0 Å². The molecule has 1 N–H and O–H groups in total. The molecule has 1 fully saturated rings. The van der Waals surface area contributed by atoms with E-state index >= 15 is 0 Å². The number of carbonyl (C=O) groups excluding carboxylic acids is 2. The maximum atomic E-state index is 12.0. The molecule has 2 rings (SSSR count). The Kier molecular flexibility index (Phi) is 5.76. The third-order valence-electron chi connectivity index (χ3n) is 3.33. The molecule has 1 aliphatic rings. The normalized spacial score (nSPS) is 18.3. The van der Waals surface area contributed by atoms with Gasteiger partial charge in [-0.15, -0.1) is 11.3 Å². The van der Waals surface area contributed by atoms with Crippen LogP contribution in [0.2, 0.25) is 0 Å². The van der Waals surface area contributed by atoms with E-state index in [2.05, 4.69) is 5.32 Å². The van der Waals surface area contributed by atoms with Crippen LogP contribution >= 0.6 is 11.3 Å². The second-order valence-electron chi connectivity index (χ2n) is 5.08. The fourth-order valence-electron chi connectivity index (χ4n) is 2.31. The van der Waals surface area contributed by atoms with E-state index in [1.165, 1.54) is 11.3 Å². The molecule has 1 atom stereocenters. The SMILES string of the molecule is CCOC(=O)c1sc(NC(=O)CC2CCCCO2)cc1C. The second kappa shape index (κ2) is 7.56. The summed E-state index contributed by atoms with van der Waals surface area (Å²) in [6.07, 6.45) is 3.51. The van der Waals surface area contributed by atoms with Crippen LogP contribution in [0.1, 0.15) is 47.8 Å². The molecule has 1 aliphatic heterocycles. The molecule has 1 aromatic heterocycles. The standard InChI is InChI=1S/C15H21NO4S/c1-3-19-15(18)14-10(2)8-13(21-14)16-12(17)9-11-6-4-5-7-20-11/h8,11H,3-7,9H2,1-2H3,(H,16,17). The second-order valence-corrected chi connectivity index (χ2v) is 6.14. The van der Waals surface area contributed by atoms with Gasteiger partial charge in [-0.1, -0.05) is 0 Å². The number of ether oxygens (including phenoxy) is 2. The molecule has 0 radical (unpaired) electrons. The van der Waals surface area contributed by atoms with Gasteiger partial charge in [0.2, 0.25) is 5.91 Å². The van der Waals surface area contributed by atoms with E-state index in [-0.39, 0.29) is 18.0 Å². The Hall–Kier alpha value is -1.40. The fraction of sp³-hybridized carbons (Fsp3) is 0.600. The Morgan fingerprint density at radius 2 is 2.29 bits per heavy atom. The third kappa shape index (κ3) is 4.54. The number of hydrogen-bond acceptors (Lipinski definition) is 5. The zero-order valence-corrected chi connectivity index (χ0v) is 13.3. The number of rotatable bonds is 5. The van der Waals surface area contributed by atoms with Crippen LogP contribution in [0, 0.1) is 6.92 Å². The smallest absolute Gasteiger partial charge is 0.348 e. The van der Waals surface area contributed by atoms with E-state index in [1.54, 1.807) is 13.0 Å². The van der Waals surface area contributed by atoms with Crippen LogP contribution in [-0.2, 0) is 14.3 Å². The van der Waals surface area contributed by atoms with E-state index in [9.17, 15) is 9.59 Å². The summed E-state index contributed by atoms with van der Waals surface area (Å²) in [4.78, 5) is 24.3. The van der Waals surface area contributed by atoms with Gasteiger partial charge in [-0.05, 0) is 44.7 Å². The Morgan fingerprint density at radius 3 is 2.95 bits per heavy atom. The first kappa shape index (κ1) is 16.0. The summed E-state index contributed by atoms with van der Waals surface area (Å²) in [6, 6.07) is 1.80. The topological polar surface area (TPSA) is 64.6 Å². The van der Waals surface area contributed by atoms with Gasteiger partial charge in [-0.25, -0.2) is 4.79 Å². The van der Waals surface area contributed by atoms with Gasteiger partial charge in [0.25, 0.3) is 0 Å². The predicted molar refractivity (Wildman–Crippen MR) is 81.9 cm³/mol. The lowest BCUT2D eigenvalue weighted by Gasteiger charge is -2.21. The van der Waals surface area contributed by atoms with Crippen molar-refractivity contribution in [2.75, 3.05) is 18.5 Å². The molecule has 0 bridgehead atoms. The Bertz CT molecular complexity index is 506. The molecule has 5 nitrogen and oxygen atoms in total. The van der Waals surface area contributed by atoms with Gasteiger partial charge in [0.1, 0.15) is 4.88 Å². The van der Waals surface area contributed by atoms with Gasteiger partial charge in [0, 0.05) is 6.61 Å². The number of anilines is 1. The van der Waals surface area contributed by atoms with E-state index in [4.69, 9.17) is 9.47 Å². The third-order valence-corrected chi connectivity index (χ3v) is 4.46. The van der Waals surface area contributed by atoms with Crippen molar-refractivity contribution in [3.63, 3.8) is 0 Å². The first-order valence-electron chi connectivity index (χ1n) is 7.29. The van der Waals surface area contributed by atoms with Crippen molar-refractivity contribution in [2.24, 2.45) is 0 Å². The lowest BCUT2D eigenvalue weighted by molar-refractivity contribution is -0.119. The predicted octanol–water partition coefficient (Wildman–Crippen LogP) is 3.13. The highest BCUT2D eigenvalue weighted by atomic mass is 32.1. The zero-order chi connectivity index (χ0) is 15.2. The van der Waals surface area contributed by atoms with E-state index < -0.39 is 0 Å². The minimum atomic E-state index is -0.337. The number of thiophene rings is 1. The molecule has 21 heavy (non-hydrogen) atoms. The Balaban J connectivity index is 1.91. The summed E-state index contributed by atoms with van der Waals surface area (Å²) in [7, 11) is 0. The molecule has 1 amide bonds. The molecule has 1 saturated heterocycles. The van der Waals surface area contributed by atoms with Crippen molar-refractivity contribution in [1.29, 1.82) is 0 Å². The summed E-state index contributed by atoms with van der Waals surface area (Å²) in [5.74, 6) is -0.408. The van der Waals surface area contributed by atoms with Crippen molar-refractivity contribution in [3.8, 4) is 0 Å². The maximum Gasteiger partial charge on any atom is 0.348 e. The van der Waals surface area contributed by atoms with Gasteiger partial charge >= 0.3 is 5.97 Å². The average Bonchev–Trinajstić information content (AvgIpc) is 2.80. The zero-order valence-electron chi connectivity index (χ0n) is 12.4. The van der Waals surface area contributed by atoms with Gasteiger partial charge < -0.3 is 14.8 Å². The average molecular weight is 311 g/mol. The van der Waals surface area contributed by atoms with Crippen LogP contribution in [0.15, 0.2) is 6.07 Å². The highest BCUT2D eigenvalue weighted by molar-refractivity contribution is 7.18. The fourth-order valence-corrected chi connectivity index (χ4v) is 3.29. The van der Waals surface area contributed by atoms with E-state index in [1.807, 2.05) is 6.92 Å². The number of carbonyl (C=O) groups is 2. The molecule has 6 heteroatoms. The molecular formula is C15H21NO4S. The summed E-state index contributed by atoms with van der Waals surface area (Å²) >= 11 is 1.25. The van der Waals surface area contributed by atoms with Crippen molar-refractivity contribution >= 4 is 28.2 Å². The number of esters is 1. The summed E-state index contributed by atoms with van der Waals surface area (Å²) in [6.45, 7) is 4.69. The highest BCUT2D eigenvalue weighted by Gasteiger charge is 2.19. The number of aryl methyl sites for hydroxylation is 1. The lowest BCUT2D eigenvalue weighted by atomic mass is 10.1. The molecule has 0 spiro atoms. The van der Waals surface area contributed by atoms with E-state index in [0.29, 0.717) is 22.9 Å². The van der Waals surface area contributed by atoms with Crippen LogP contribution in [0.5, 0.6) is 0 Å². The first-order chi connectivity index (χ1) is 10.1. The largest absolute Gasteiger partial charge is 0.462 e. The van der Waals surface area contributed by atoms with Crippen LogP contribution in [0.4, 0.5) is 5.00 Å². The van der Waals surface area contributed by atoms with Crippen LogP contribution in [0.25, 0.3) is 0 Å².